The van der Waals surface area contributed by atoms with Gasteiger partial charge in [-0.1, -0.05) is 6.07 Å². The topological polar surface area (TPSA) is 187 Å². The molecule has 6 aromatic rings. The molecule has 5 aromatic heterocycles. The largest absolute Gasteiger partial charge is 0.475 e. The van der Waals surface area contributed by atoms with E-state index in [1.807, 2.05) is 67.7 Å². The summed E-state index contributed by atoms with van der Waals surface area (Å²) in [6.45, 7) is 9.92. The molecular formula is C51H56F2N14O4. The summed E-state index contributed by atoms with van der Waals surface area (Å²) >= 11 is 0. The molecule has 3 atom stereocenters. The van der Waals surface area contributed by atoms with Crippen molar-refractivity contribution >= 4 is 34.5 Å². The van der Waals surface area contributed by atoms with E-state index in [9.17, 15) is 14.9 Å². The fourth-order valence-corrected chi connectivity index (χ4v) is 11.0. The average Bonchev–Trinajstić information content (AvgIpc) is 4.04. The average molecular weight is 967 g/mol. The lowest BCUT2D eigenvalue weighted by Crippen LogP contribution is -2.64. The van der Waals surface area contributed by atoms with Gasteiger partial charge in [0.15, 0.2) is 11.6 Å². The van der Waals surface area contributed by atoms with Crippen LogP contribution in [0.3, 0.4) is 0 Å². The fraction of sp³-hybridized carbons (Fsp3) is 0.451. The third-order valence-electron chi connectivity index (χ3n) is 14.6. The maximum atomic E-state index is 15.4. The Balaban J connectivity index is 0.718. The first-order valence-corrected chi connectivity index (χ1v) is 24.6. The second-order valence-electron chi connectivity index (χ2n) is 19.6. The van der Waals surface area contributed by atoms with Crippen LogP contribution in [0.5, 0.6) is 5.88 Å². The van der Waals surface area contributed by atoms with Gasteiger partial charge < -0.3 is 24.6 Å². The number of carbonyl (C=O) groups is 2. The van der Waals surface area contributed by atoms with Crippen LogP contribution in [0, 0.1) is 23.0 Å². The van der Waals surface area contributed by atoms with E-state index in [-0.39, 0.29) is 54.4 Å². The Morgan fingerprint density at radius 1 is 0.845 bits per heavy atom. The molecule has 4 aliphatic heterocycles. The van der Waals surface area contributed by atoms with Crippen molar-refractivity contribution in [3.05, 3.63) is 96.3 Å². The van der Waals surface area contributed by atoms with Crippen molar-refractivity contribution in [3.63, 3.8) is 0 Å². The van der Waals surface area contributed by atoms with Crippen molar-refractivity contribution in [1.82, 2.24) is 49.5 Å². The zero-order valence-corrected chi connectivity index (χ0v) is 39.8. The van der Waals surface area contributed by atoms with E-state index >= 15 is 8.78 Å². The number of pyridine rings is 2. The van der Waals surface area contributed by atoms with E-state index in [0.717, 1.165) is 67.8 Å². The number of benzene rings is 1. The number of halogens is 2. The molecule has 1 aromatic carbocycles. The van der Waals surface area contributed by atoms with Gasteiger partial charge in [-0.25, -0.2) is 28.2 Å². The van der Waals surface area contributed by atoms with E-state index in [2.05, 4.69) is 47.6 Å². The smallest absolute Gasteiger partial charge is 0.249 e. The van der Waals surface area contributed by atoms with Crippen LogP contribution in [0.4, 0.5) is 26.0 Å². The summed E-state index contributed by atoms with van der Waals surface area (Å²) in [4.78, 5) is 47.4. The molecule has 11 rings (SSSR count). The van der Waals surface area contributed by atoms with Crippen LogP contribution >= 0.6 is 0 Å². The molecule has 9 heterocycles. The second kappa shape index (κ2) is 19.6. The lowest BCUT2D eigenvalue weighted by molar-refractivity contribution is -0.133. The predicted molar refractivity (Wildman–Crippen MR) is 260 cm³/mol. The number of rotatable bonds is 12. The number of piperidine rings is 1. The summed E-state index contributed by atoms with van der Waals surface area (Å²) in [5, 5.41) is 24.6. The predicted octanol–water partition coefficient (Wildman–Crippen LogP) is 5.60. The Bertz CT molecular complexity index is 2920. The maximum absolute atomic E-state index is 15.4. The molecule has 1 unspecified atom stereocenters. The van der Waals surface area contributed by atoms with Crippen LogP contribution in [0.2, 0.25) is 0 Å². The molecule has 2 amide bonds. The molecule has 2 N–H and O–H groups in total. The van der Waals surface area contributed by atoms with Crippen molar-refractivity contribution in [2.24, 2.45) is 0 Å². The number of hydrogen-bond donors (Lipinski definition) is 2. The molecule has 2 bridgehead atoms. The number of carbonyl (C=O) groups excluding carboxylic acids is 2. The van der Waals surface area contributed by atoms with Crippen molar-refractivity contribution in [2.75, 3.05) is 67.6 Å². The quantitative estimate of drug-likeness (QED) is 0.144. The molecule has 0 spiro atoms. The zero-order chi connectivity index (χ0) is 48.8. The normalized spacial score (nSPS) is 23.2. The number of imide groups is 1. The third-order valence-corrected chi connectivity index (χ3v) is 14.6. The van der Waals surface area contributed by atoms with E-state index < -0.39 is 23.6 Å². The van der Waals surface area contributed by atoms with Gasteiger partial charge in [0, 0.05) is 99.7 Å². The number of hydrogen-bond acceptors (Lipinski definition) is 15. The molecule has 18 nitrogen and oxygen atoms in total. The molecule has 20 heteroatoms. The molecule has 5 aliphatic rings. The van der Waals surface area contributed by atoms with Gasteiger partial charge in [-0.15, -0.1) is 0 Å². The minimum absolute atomic E-state index is 0.0611. The minimum atomic E-state index is -0.733. The van der Waals surface area contributed by atoms with Gasteiger partial charge in [0.05, 0.1) is 67.4 Å². The first-order chi connectivity index (χ1) is 34.5. The number of piperazine rings is 2. The third kappa shape index (κ3) is 9.61. The van der Waals surface area contributed by atoms with E-state index in [1.165, 1.54) is 12.1 Å². The first-order valence-electron chi connectivity index (χ1n) is 24.6. The standard InChI is InChI=1S/C51H56F2N14O4/c1-31(2)71-47-12-3-32(20-56-47)24-65-39-26-64(27-40(65)30-70-29-39)45-10-4-33(21-55-45)48-49-34(19-54)22-58-67(49)28-44(60-48)35-23-57-66(25-35)38-7-5-37(6-8-38)62-13-15-63(16-14-62)50-41(52)17-36(18-42(50)53)59-43-9-11-46(68)61-51(43)69/h3-4,10,12,17-18,20-23,25,28,31,37-40,43,59H,5-9,11,13-16,24,26-27,29-30H2,1-2H3,(H,61,68,69)/t37?,38?,39-,40-,43?/m0/s1. The van der Waals surface area contributed by atoms with Gasteiger partial charge in [0.25, 0.3) is 0 Å². The Hall–Kier alpha value is -7.08. The van der Waals surface area contributed by atoms with Crippen LogP contribution in [0.25, 0.3) is 28.0 Å². The highest BCUT2D eigenvalue weighted by atomic mass is 19.1. The Morgan fingerprint density at radius 2 is 1.61 bits per heavy atom. The van der Waals surface area contributed by atoms with Crippen molar-refractivity contribution in [2.45, 2.75) is 95.2 Å². The van der Waals surface area contributed by atoms with Crippen LogP contribution < -0.4 is 25.2 Å². The van der Waals surface area contributed by atoms with Crippen LogP contribution in [-0.4, -0.2) is 139 Å². The lowest BCUT2D eigenvalue weighted by Gasteiger charge is -2.50. The Labute approximate surface area is 409 Å². The van der Waals surface area contributed by atoms with E-state index in [4.69, 9.17) is 24.5 Å². The van der Waals surface area contributed by atoms with Gasteiger partial charge >= 0.3 is 0 Å². The number of nitrogens with zero attached hydrogens (tertiary/aromatic N) is 12. The van der Waals surface area contributed by atoms with Crippen LogP contribution in [-0.2, 0) is 20.9 Å². The van der Waals surface area contributed by atoms with Gasteiger partial charge in [0.2, 0.25) is 17.7 Å². The van der Waals surface area contributed by atoms with Crippen molar-refractivity contribution in [1.29, 1.82) is 5.26 Å². The van der Waals surface area contributed by atoms with E-state index in [1.54, 1.807) is 15.6 Å². The molecule has 5 fully saturated rings. The van der Waals surface area contributed by atoms with Gasteiger partial charge in [-0.2, -0.15) is 15.5 Å². The number of ether oxygens (including phenoxy) is 2. The maximum Gasteiger partial charge on any atom is 0.249 e. The SMILES string of the molecule is CC(C)Oc1ccc(CN2[C@@H]3COC[C@@H]2CN(c2ccc(-c4nc(-c5cnn(C6CCC(N7CCN(c8c(F)cc(NC9CCC(=O)NC9=O)cc8F)CC7)CC6)c5)cn5ncc(C#N)c45)cn2)C3)cn1. The first kappa shape index (κ1) is 46.3. The molecule has 1 aliphatic carbocycles. The number of anilines is 3. The second-order valence-corrected chi connectivity index (χ2v) is 19.6. The summed E-state index contributed by atoms with van der Waals surface area (Å²) in [7, 11) is 0. The highest BCUT2D eigenvalue weighted by Gasteiger charge is 2.39. The molecule has 71 heavy (non-hydrogen) atoms. The number of nitriles is 1. The fourth-order valence-electron chi connectivity index (χ4n) is 11.0. The number of fused-ring (bicyclic) bond motifs is 3. The van der Waals surface area contributed by atoms with Crippen LogP contribution in [0.15, 0.2) is 73.6 Å². The lowest BCUT2D eigenvalue weighted by atomic mass is 9.90. The summed E-state index contributed by atoms with van der Waals surface area (Å²) in [5.74, 6) is -0.729. The summed E-state index contributed by atoms with van der Waals surface area (Å²) in [6, 6.07) is 13.0. The van der Waals surface area contributed by atoms with Crippen molar-refractivity contribution < 1.29 is 27.8 Å². The molecule has 1 saturated carbocycles. The molecule has 368 valence electrons. The van der Waals surface area contributed by atoms with Crippen molar-refractivity contribution in [3.8, 4) is 34.5 Å². The zero-order valence-electron chi connectivity index (χ0n) is 39.8. The van der Waals surface area contributed by atoms with E-state index in [0.29, 0.717) is 73.8 Å². The highest BCUT2D eigenvalue weighted by molar-refractivity contribution is 6.01. The monoisotopic (exact) mass is 966 g/mol. The van der Waals surface area contributed by atoms with Crippen LogP contribution in [0.1, 0.15) is 69.5 Å². The number of amides is 2. The van der Waals surface area contributed by atoms with Gasteiger partial charge in [0.1, 0.15) is 34.7 Å². The molecular weight excluding hydrogens is 911 g/mol. The Kier molecular flexibility index (Phi) is 12.8. The summed E-state index contributed by atoms with van der Waals surface area (Å²) in [6.07, 6.45) is 15.3. The minimum Gasteiger partial charge on any atom is -0.475 e. The van der Waals surface area contributed by atoms with Gasteiger partial charge in [-0.3, -0.25) is 29.4 Å². The number of nitrogens with one attached hydrogen (secondary N) is 2. The number of morpholine rings is 1. The molecule has 0 radical (unpaired) electrons. The molecule has 4 saturated heterocycles. The number of aromatic nitrogens is 7. The summed E-state index contributed by atoms with van der Waals surface area (Å²) < 4.78 is 46.3. The highest BCUT2D eigenvalue weighted by Crippen LogP contribution is 2.36. The van der Waals surface area contributed by atoms with Gasteiger partial charge in [-0.05, 0) is 75.8 Å². The Morgan fingerprint density at radius 3 is 2.28 bits per heavy atom. The summed E-state index contributed by atoms with van der Waals surface area (Å²) in [5.41, 5.74) is 5.18.